The van der Waals surface area contributed by atoms with Gasteiger partial charge in [-0.25, -0.2) is 8.78 Å². The third kappa shape index (κ3) is 18.4. The van der Waals surface area contributed by atoms with Crippen molar-refractivity contribution in [1.29, 1.82) is 0 Å². The molecule has 4 rings (SSSR count). The van der Waals surface area contributed by atoms with Crippen molar-refractivity contribution in [2.75, 3.05) is 31.9 Å². The van der Waals surface area contributed by atoms with Crippen LogP contribution in [-0.4, -0.2) is 66.9 Å². The van der Waals surface area contributed by atoms with E-state index >= 15 is 0 Å². The summed E-state index contributed by atoms with van der Waals surface area (Å²) in [6.07, 6.45) is 1.26. The SMILES string of the molecule is C=N/N=C(\CCC(F)F)c1ccc(CC2CCN(C3CN(C(C)C)C3)CC2)cc1.CC.CC.CC.CC.Nc1cccc(Cl)c1. The second kappa shape index (κ2) is 27.9. The molecule has 2 N–H and O–H groups in total. The highest BCUT2D eigenvalue weighted by Gasteiger charge is 2.34. The lowest BCUT2D eigenvalue weighted by Gasteiger charge is -2.49. The first kappa shape index (κ1) is 44.8. The zero-order valence-electron chi connectivity index (χ0n) is 30.0. The third-order valence-corrected chi connectivity index (χ3v) is 7.47. The first-order valence-electron chi connectivity index (χ1n) is 17.1. The Hall–Kier alpha value is -2.35. The standard InChI is InChI=1S/C23H34F2N4.C6H6ClN.4C2H6/c1-17(2)29-15-21(16-29)28-12-10-19(11-13-28)14-18-4-6-20(7-5-18)22(27-26-3)8-9-23(24)25;7-5-2-1-3-6(8)4-5;4*1-2/h4-7,17,19,21,23H,3,8-16H2,1-2H3;1-4H,8H2;4*1-2H3/b27-22+;;;;;. The second-order valence-electron chi connectivity index (χ2n) is 10.3. The van der Waals surface area contributed by atoms with E-state index < -0.39 is 6.43 Å². The lowest BCUT2D eigenvalue weighted by molar-refractivity contribution is -0.00193. The van der Waals surface area contributed by atoms with E-state index in [1.807, 2.05) is 73.6 Å². The number of rotatable bonds is 9. The Kier molecular flexibility index (Phi) is 27.8. The Labute approximate surface area is 280 Å². The number of anilines is 1. The van der Waals surface area contributed by atoms with Crippen LogP contribution in [0, 0.1) is 5.92 Å². The van der Waals surface area contributed by atoms with Crippen LogP contribution in [0.15, 0.2) is 58.7 Å². The molecule has 0 spiro atoms. The van der Waals surface area contributed by atoms with E-state index in [0.29, 0.717) is 22.5 Å². The Morgan fingerprint density at radius 3 is 1.91 bits per heavy atom. The minimum Gasteiger partial charge on any atom is -0.399 e. The van der Waals surface area contributed by atoms with E-state index in [1.54, 1.807) is 18.2 Å². The summed E-state index contributed by atoms with van der Waals surface area (Å²) in [5, 5.41) is 8.18. The van der Waals surface area contributed by atoms with Crippen molar-refractivity contribution in [2.45, 2.75) is 120 Å². The van der Waals surface area contributed by atoms with E-state index in [1.165, 1.54) is 44.6 Å². The van der Waals surface area contributed by atoms with Gasteiger partial charge >= 0.3 is 0 Å². The average Bonchev–Trinajstić information content (AvgIpc) is 3.04. The third-order valence-electron chi connectivity index (χ3n) is 7.24. The first-order valence-corrected chi connectivity index (χ1v) is 17.5. The summed E-state index contributed by atoms with van der Waals surface area (Å²) in [6.45, 7) is 28.8. The van der Waals surface area contributed by atoms with Crippen LogP contribution in [0.1, 0.15) is 106 Å². The van der Waals surface area contributed by atoms with Crippen molar-refractivity contribution in [2.24, 2.45) is 16.1 Å². The quantitative estimate of drug-likeness (QED) is 0.167. The Balaban J connectivity index is 0. The first-order chi connectivity index (χ1) is 21.7. The van der Waals surface area contributed by atoms with Crippen LogP contribution in [0.3, 0.4) is 0 Å². The molecule has 258 valence electrons. The number of nitrogen functional groups attached to an aromatic ring is 1. The van der Waals surface area contributed by atoms with Crippen molar-refractivity contribution in [3.8, 4) is 0 Å². The van der Waals surface area contributed by atoms with Gasteiger partial charge in [0.25, 0.3) is 0 Å². The Bertz CT molecular complexity index is 983. The van der Waals surface area contributed by atoms with Gasteiger partial charge in [0.15, 0.2) is 0 Å². The number of nitrogens with two attached hydrogens (primary N) is 1. The summed E-state index contributed by atoms with van der Waals surface area (Å²) in [4.78, 5) is 5.21. The van der Waals surface area contributed by atoms with Crippen molar-refractivity contribution < 1.29 is 8.78 Å². The second-order valence-corrected chi connectivity index (χ2v) is 10.7. The van der Waals surface area contributed by atoms with E-state index in [4.69, 9.17) is 17.3 Å². The molecule has 0 unspecified atom stereocenters. The highest BCUT2D eigenvalue weighted by Crippen LogP contribution is 2.27. The van der Waals surface area contributed by atoms with Crippen LogP contribution >= 0.6 is 11.6 Å². The van der Waals surface area contributed by atoms with Gasteiger partial charge in [-0.3, -0.25) is 9.80 Å². The van der Waals surface area contributed by atoms with Gasteiger partial charge in [0.1, 0.15) is 0 Å². The minimum atomic E-state index is -2.33. The van der Waals surface area contributed by atoms with Gasteiger partial charge < -0.3 is 5.73 Å². The van der Waals surface area contributed by atoms with Gasteiger partial charge in [-0.1, -0.05) is 97.3 Å². The summed E-state index contributed by atoms with van der Waals surface area (Å²) in [5.74, 6) is 0.722. The maximum absolute atomic E-state index is 12.5. The predicted octanol–water partition coefficient (Wildman–Crippen LogP) is 10.5. The molecule has 0 amide bonds. The molecule has 2 aliphatic heterocycles. The van der Waals surface area contributed by atoms with Crippen LogP contribution in [0.25, 0.3) is 0 Å². The molecule has 2 aromatic rings. The van der Waals surface area contributed by atoms with Gasteiger partial charge in [0.05, 0.1) is 5.71 Å². The predicted molar refractivity (Wildman–Crippen MR) is 198 cm³/mol. The molecule has 0 atom stereocenters. The molecule has 8 heteroatoms. The fourth-order valence-electron chi connectivity index (χ4n) is 4.92. The number of benzene rings is 2. The highest BCUT2D eigenvalue weighted by molar-refractivity contribution is 6.30. The zero-order chi connectivity index (χ0) is 34.8. The molecular formula is C37H64ClF2N5. The number of alkyl halides is 2. The number of likely N-dealkylation sites (tertiary alicyclic amines) is 2. The summed E-state index contributed by atoms with van der Waals surface area (Å²) in [5.41, 5.74) is 8.82. The molecule has 0 aromatic heterocycles. The van der Waals surface area contributed by atoms with Gasteiger partial charge in [0, 0.05) is 49.0 Å². The highest BCUT2D eigenvalue weighted by atomic mass is 35.5. The van der Waals surface area contributed by atoms with Crippen molar-refractivity contribution >= 4 is 29.7 Å². The van der Waals surface area contributed by atoms with Gasteiger partial charge in [0.2, 0.25) is 6.43 Å². The molecule has 2 aromatic carbocycles. The number of halogens is 3. The number of piperidine rings is 1. The smallest absolute Gasteiger partial charge is 0.239 e. The van der Waals surface area contributed by atoms with Crippen LogP contribution in [0.2, 0.25) is 5.02 Å². The topological polar surface area (TPSA) is 57.2 Å². The Morgan fingerprint density at radius 2 is 1.49 bits per heavy atom. The van der Waals surface area contributed by atoms with Gasteiger partial charge in [-0.2, -0.15) is 10.2 Å². The van der Waals surface area contributed by atoms with Crippen LogP contribution in [0.5, 0.6) is 0 Å². The summed E-state index contributed by atoms with van der Waals surface area (Å²) in [6, 6.07) is 16.7. The number of hydrogen-bond donors (Lipinski definition) is 1. The van der Waals surface area contributed by atoms with Crippen LogP contribution in [-0.2, 0) is 6.42 Å². The van der Waals surface area contributed by atoms with E-state index in [9.17, 15) is 8.78 Å². The minimum absolute atomic E-state index is 0.204. The fourth-order valence-corrected chi connectivity index (χ4v) is 5.12. The molecule has 5 nitrogen and oxygen atoms in total. The molecule has 2 aliphatic rings. The monoisotopic (exact) mass is 651 g/mol. The molecule has 2 fully saturated rings. The summed E-state index contributed by atoms with van der Waals surface area (Å²) < 4.78 is 25.1. The van der Waals surface area contributed by atoms with E-state index in [-0.39, 0.29) is 12.8 Å². The summed E-state index contributed by atoms with van der Waals surface area (Å²) in [7, 11) is 0. The van der Waals surface area contributed by atoms with Crippen molar-refractivity contribution in [1.82, 2.24) is 9.80 Å². The summed E-state index contributed by atoms with van der Waals surface area (Å²) >= 11 is 5.56. The largest absolute Gasteiger partial charge is 0.399 e. The van der Waals surface area contributed by atoms with E-state index in [2.05, 4.69) is 52.7 Å². The maximum atomic E-state index is 12.5. The van der Waals surface area contributed by atoms with Gasteiger partial charge in [-0.05, 0) is 87.9 Å². The maximum Gasteiger partial charge on any atom is 0.239 e. The molecule has 0 saturated carbocycles. The number of hydrogen-bond acceptors (Lipinski definition) is 5. The van der Waals surface area contributed by atoms with Crippen LogP contribution < -0.4 is 5.73 Å². The van der Waals surface area contributed by atoms with Crippen molar-refractivity contribution in [3.63, 3.8) is 0 Å². The lowest BCUT2D eigenvalue weighted by atomic mass is 9.88. The number of nitrogens with zero attached hydrogens (tertiary/aromatic N) is 4. The molecule has 0 aliphatic carbocycles. The van der Waals surface area contributed by atoms with E-state index in [0.717, 1.165) is 23.9 Å². The molecule has 45 heavy (non-hydrogen) atoms. The molecule has 0 radical (unpaired) electrons. The van der Waals surface area contributed by atoms with Crippen molar-refractivity contribution in [3.05, 3.63) is 64.7 Å². The molecular weight excluding hydrogens is 588 g/mol. The van der Waals surface area contributed by atoms with Gasteiger partial charge in [-0.15, -0.1) is 0 Å². The van der Waals surface area contributed by atoms with Crippen LogP contribution in [0.4, 0.5) is 14.5 Å². The zero-order valence-corrected chi connectivity index (χ0v) is 30.8. The average molecular weight is 652 g/mol. The molecule has 2 heterocycles. The Morgan fingerprint density at radius 1 is 0.933 bits per heavy atom. The fraction of sp³-hybridized carbons (Fsp3) is 0.622. The molecule has 2 saturated heterocycles. The lowest BCUT2D eigenvalue weighted by Crippen LogP contribution is -2.62. The molecule has 0 bridgehead atoms. The normalized spacial score (nSPS) is 15.3.